The van der Waals surface area contributed by atoms with Gasteiger partial charge in [-0.05, 0) is 30.3 Å². The van der Waals surface area contributed by atoms with Gasteiger partial charge in [0.25, 0.3) is 0 Å². The fourth-order valence-corrected chi connectivity index (χ4v) is 3.20. The number of hydrogen-bond donors (Lipinski definition) is 2. The van der Waals surface area contributed by atoms with Gasteiger partial charge >= 0.3 is 11.8 Å². The van der Waals surface area contributed by atoms with E-state index in [1.807, 2.05) is 11.0 Å². The van der Waals surface area contributed by atoms with Crippen LogP contribution in [0.5, 0.6) is 0 Å². The number of fused-ring (bicyclic) bond motifs is 1. The third-order valence-electron chi connectivity index (χ3n) is 4.65. The fourth-order valence-electron chi connectivity index (χ4n) is 3.20. The Hall–Kier alpha value is -3.42. The number of aromatic nitrogens is 2. The van der Waals surface area contributed by atoms with Crippen LogP contribution in [0.3, 0.4) is 0 Å². The van der Waals surface area contributed by atoms with Gasteiger partial charge in [0.15, 0.2) is 0 Å². The van der Waals surface area contributed by atoms with Gasteiger partial charge in [0.2, 0.25) is 0 Å². The molecule has 0 radical (unpaired) electrons. The fraction of sp³-hybridized carbons (Fsp3) is 0.211. The van der Waals surface area contributed by atoms with Crippen LogP contribution in [0.1, 0.15) is 0 Å². The zero-order chi connectivity index (χ0) is 18.8. The average Bonchev–Trinajstić information content (AvgIpc) is 3.16. The quantitative estimate of drug-likeness (QED) is 0.679. The number of carbonyl (C=O) groups is 2. The van der Waals surface area contributed by atoms with Crippen LogP contribution < -0.4 is 10.2 Å². The van der Waals surface area contributed by atoms with Gasteiger partial charge in [-0.3, -0.25) is 14.7 Å². The second-order valence-electron chi connectivity index (χ2n) is 6.36. The summed E-state index contributed by atoms with van der Waals surface area (Å²) in [5.74, 6) is -1.56. The van der Waals surface area contributed by atoms with Gasteiger partial charge in [-0.15, -0.1) is 0 Å². The first kappa shape index (κ1) is 17.0. The van der Waals surface area contributed by atoms with E-state index >= 15 is 0 Å². The van der Waals surface area contributed by atoms with Crippen molar-refractivity contribution in [3.05, 3.63) is 54.5 Å². The molecule has 138 valence electrons. The largest absolute Gasteiger partial charge is 0.366 e. The summed E-state index contributed by atoms with van der Waals surface area (Å²) in [7, 11) is 0. The van der Waals surface area contributed by atoms with E-state index in [1.54, 1.807) is 36.5 Å². The van der Waals surface area contributed by atoms with Crippen molar-refractivity contribution in [3.63, 3.8) is 0 Å². The maximum absolute atomic E-state index is 13.9. The molecule has 1 aromatic heterocycles. The third-order valence-corrected chi connectivity index (χ3v) is 4.65. The summed E-state index contributed by atoms with van der Waals surface area (Å²) in [5.41, 5.74) is 1.82. The van der Waals surface area contributed by atoms with Crippen LogP contribution in [0.4, 0.5) is 15.8 Å². The Balaban J connectivity index is 1.37. The van der Waals surface area contributed by atoms with Crippen LogP contribution in [0, 0.1) is 5.82 Å². The first-order chi connectivity index (χ1) is 13.1. The van der Waals surface area contributed by atoms with Crippen molar-refractivity contribution in [2.45, 2.75) is 0 Å². The molecule has 0 atom stereocenters. The van der Waals surface area contributed by atoms with Crippen molar-refractivity contribution < 1.29 is 14.0 Å². The Morgan fingerprint density at radius 1 is 1.07 bits per heavy atom. The number of rotatable bonds is 2. The van der Waals surface area contributed by atoms with Crippen LogP contribution in [0.25, 0.3) is 10.9 Å². The summed E-state index contributed by atoms with van der Waals surface area (Å²) in [5, 5.41) is 10.3. The molecular weight excluding hydrogens is 349 g/mol. The Kier molecular flexibility index (Phi) is 4.45. The number of anilines is 2. The van der Waals surface area contributed by atoms with Crippen molar-refractivity contribution in [3.8, 4) is 0 Å². The predicted octanol–water partition coefficient (Wildman–Crippen LogP) is 1.99. The Morgan fingerprint density at radius 3 is 2.63 bits per heavy atom. The number of carbonyl (C=O) groups excluding carboxylic acids is 2. The summed E-state index contributed by atoms with van der Waals surface area (Å²) in [6.45, 7) is 1.67. The lowest BCUT2D eigenvalue weighted by Crippen LogP contribution is -2.51. The highest BCUT2D eigenvalue weighted by atomic mass is 19.1. The standard InChI is InChI=1S/C19H18FN5O2/c20-15-3-1-2-4-17(15)24-7-9-25(10-8-24)19(27)18(26)22-14-6-5-13-12-21-23-16(13)11-14/h1-6,11-12H,7-10H2,(H,21,23)(H,22,26). The summed E-state index contributed by atoms with van der Waals surface area (Å²) >= 11 is 0. The molecule has 1 fully saturated rings. The molecule has 4 rings (SSSR count). The first-order valence-corrected chi connectivity index (χ1v) is 8.65. The smallest absolute Gasteiger partial charge is 0.313 e. The molecule has 0 bridgehead atoms. The molecule has 2 aromatic carbocycles. The number of amides is 2. The molecule has 0 saturated carbocycles. The van der Waals surface area contributed by atoms with Crippen molar-refractivity contribution in [1.82, 2.24) is 15.1 Å². The maximum atomic E-state index is 13.9. The molecular formula is C19H18FN5O2. The van der Waals surface area contributed by atoms with Gasteiger partial charge in [-0.1, -0.05) is 12.1 Å². The number of para-hydroxylation sites is 1. The summed E-state index contributed by atoms with van der Waals surface area (Å²) < 4.78 is 13.9. The van der Waals surface area contributed by atoms with Gasteiger partial charge in [0, 0.05) is 37.3 Å². The summed E-state index contributed by atoms with van der Waals surface area (Å²) in [6.07, 6.45) is 1.68. The Labute approximate surface area is 154 Å². The van der Waals surface area contributed by atoms with Crippen LogP contribution in [-0.4, -0.2) is 53.1 Å². The minimum Gasteiger partial charge on any atom is -0.366 e. The summed E-state index contributed by atoms with van der Waals surface area (Å²) in [4.78, 5) is 28.1. The average molecular weight is 367 g/mol. The normalized spacial score (nSPS) is 14.4. The SMILES string of the molecule is O=C(Nc1ccc2cn[nH]c2c1)C(=O)N1CCN(c2ccccc2F)CC1. The van der Waals surface area contributed by atoms with Crippen molar-refractivity contribution in [2.24, 2.45) is 0 Å². The zero-order valence-corrected chi connectivity index (χ0v) is 14.5. The van der Waals surface area contributed by atoms with Crippen LogP contribution in [0.15, 0.2) is 48.7 Å². The van der Waals surface area contributed by atoms with Gasteiger partial charge in [-0.2, -0.15) is 5.10 Å². The highest BCUT2D eigenvalue weighted by Crippen LogP contribution is 2.20. The van der Waals surface area contributed by atoms with Crippen LogP contribution in [-0.2, 0) is 9.59 Å². The third kappa shape index (κ3) is 3.46. The molecule has 0 spiro atoms. The highest BCUT2D eigenvalue weighted by Gasteiger charge is 2.27. The van der Waals surface area contributed by atoms with Gasteiger partial charge < -0.3 is 15.1 Å². The summed E-state index contributed by atoms with van der Waals surface area (Å²) in [6, 6.07) is 11.8. The Morgan fingerprint density at radius 2 is 1.85 bits per heavy atom. The molecule has 2 amide bonds. The van der Waals surface area contributed by atoms with E-state index in [0.717, 1.165) is 10.9 Å². The van der Waals surface area contributed by atoms with E-state index in [0.29, 0.717) is 37.6 Å². The van der Waals surface area contributed by atoms with E-state index in [4.69, 9.17) is 0 Å². The second kappa shape index (κ2) is 7.06. The Bertz CT molecular complexity index is 994. The number of nitrogens with one attached hydrogen (secondary N) is 2. The molecule has 3 aromatic rings. The number of H-pyrrole nitrogens is 1. The maximum Gasteiger partial charge on any atom is 0.313 e. The predicted molar refractivity (Wildman–Crippen MR) is 99.9 cm³/mol. The van der Waals surface area contributed by atoms with Crippen molar-refractivity contribution in [2.75, 3.05) is 36.4 Å². The lowest BCUT2D eigenvalue weighted by Gasteiger charge is -2.35. The van der Waals surface area contributed by atoms with Gasteiger partial charge in [0.1, 0.15) is 5.82 Å². The van der Waals surface area contributed by atoms with E-state index in [1.165, 1.54) is 11.0 Å². The van der Waals surface area contributed by atoms with Gasteiger partial charge in [-0.25, -0.2) is 4.39 Å². The monoisotopic (exact) mass is 367 g/mol. The lowest BCUT2D eigenvalue weighted by molar-refractivity contribution is -0.143. The van der Waals surface area contributed by atoms with Crippen LogP contribution in [0.2, 0.25) is 0 Å². The minimum atomic E-state index is -0.687. The molecule has 8 heteroatoms. The number of nitrogens with zero attached hydrogens (tertiary/aromatic N) is 3. The minimum absolute atomic E-state index is 0.288. The van der Waals surface area contributed by atoms with Crippen molar-refractivity contribution >= 4 is 34.1 Å². The molecule has 0 unspecified atom stereocenters. The molecule has 1 aliphatic rings. The highest BCUT2D eigenvalue weighted by molar-refractivity contribution is 6.39. The van der Waals surface area contributed by atoms with E-state index in [-0.39, 0.29) is 5.82 Å². The molecule has 1 saturated heterocycles. The van der Waals surface area contributed by atoms with E-state index in [9.17, 15) is 14.0 Å². The lowest BCUT2D eigenvalue weighted by atomic mass is 10.2. The van der Waals surface area contributed by atoms with Crippen molar-refractivity contribution in [1.29, 1.82) is 0 Å². The molecule has 2 heterocycles. The molecule has 2 N–H and O–H groups in total. The topological polar surface area (TPSA) is 81.3 Å². The molecule has 0 aliphatic carbocycles. The number of halogens is 1. The zero-order valence-electron chi connectivity index (χ0n) is 14.5. The number of piperazine rings is 1. The number of aromatic amines is 1. The molecule has 27 heavy (non-hydrogen) atoms. The van der Waals surface area contributed by atoms with Crippen LogP contribution >= 0.6 is 0 Å². The molecule has 7 nitrogen and oxygen atoms in total. The van der Waals surface area contributed by atoms with E-state index < -0.39 is 11.8 Å². The number of hydrogen-bond acceptors (Lipinski definition) is 4. The van der Waals surface area contributed by atoms with Gasteiger partial charge in [0.05, 0.1) is 17.4 Å². The number of benzene rings is 2. The van der Waals surface area contributed by atoms with E-state index in [2.05, 4.69) is 15.5 Å². The second-order valence-corrected chi connectivity index (χ2v) is 6.36. The first-order valence-electron chi connectivity index (χ1n) is 8.65. The molecule has 1 aliphatic heterocycles.